The Morgan fingerprint density at radius 1 is 1.29 bits per heavy atom. The van der Waals surface area contributed by atoms with Gasteiger partial charge in [0.2, 0.25) is 0 Å². The van der Waals surface area contributed by atoms with Crippen LogP contribution < -0.4 is 10.6 Å². The molecule has 0 spiro atoms. The number of nitrogens with zero attached hydrogens (tertiary/aromatic N) is 1. The van der Waals surface area contributed by atoms with E-state index in [4.69, 9.17) is 4.74 Å². The maximum absolute atomic E-state index is 12.1. The molecule has 0 bridgehead atoms. The topological polar surface area (TPSA) is 62.7 Å². The highest BCUT2D eigenvalue weighted by Crippen LogP contribution is 2.51. The van der Waals surface area contributed by atoms with Gasteiger partial charge in [0.1, 0.15) is 0 Å². The van der Waals surface area contributed by atoms with Crippen LogP contribution in [-0.4, -0.2) is 53.0 Å². The van der Waals surface area contributed by atoms with Gasteiger partial charge in [-0.25, -0.2) is 0 Å². The maximum Gasteiger partial charge on any atom is 0.191 e. The molecule has 5 atom stereocenters. The molecule has 0 aliphatic heterocycles. The molecule has 2 saturated carbocycles. The Bertz CT molecular complexity index is 495. The fourth-order valence-electron chi connectivity index (χ4n) is 4.00. The summed E-state index contributed by atoms with van der Waals surface area (Å²) in [5.74, 6) is 1.62. The molecule has 5 nitrogen and oxygen atoms in total. The first kappa shape index (κ1) is 19.7. The third-order valence-electron chi connectivity index (χ3n) is 6.44. The molecule has 2 N–H and O–H groups in total. The van der Waals surface area contributed by atoms with Crippen molar-refractivity contribution in [1.29, 1.82) is 0 Å². The second kappa shape index (κ2) is 7.73. The lowest BCUT2D eigenvalue weighted by molar-refractivity contribution is -0.176. The van der Waals surface area contributed by atoms with Crippen LogP contribution in [-0.2, 0) is 15.5 Å². The summed E-state index contributed by atoms with van der Waals surface area (Å²) in [5.41, 5.74) is -0.0321. The second-order valence-corrected chi connectivity index (χ2v) is 9.93. The predicted molar refractivity (Wildman–Crippen MR) is 102 cm³/mol. The zero-order valence-electron chi connectivity index (χ0n) is 16.1. The van der Waals surface area contributed by atoms with Gasteiger partial charge in [-0.3, -0.25) is 9.20 Å². The number of guanidine groups is 1. The number of aliphatic imine (C=N–C) groups is 1. The molecular weight excluding hydrogens is 322 g/mol. The number of hydrogen-bond donors (Lipinski definition) is 2. The predicted octanol–water partition coefficient (Wildman–Crippen LogP) is 2.43. The van der Waals surface area contributed by atoms with E-state index in [1.165, 1.54) is 0 Å². The molecule has 0 aromatic heterocycles. The number of hydrogen-bond acceptors (Lipinski definition) is 3. The quantitative estimate of drug-likeness (QED) is 0.586. The van der Waals surface area contributed by atoms with Gasteiger partial charge in [0, 0.05) is 53.5 Å². The Hall–Kier alpha value is -0.620. The van der Waals surface area contributed by atoms with E-state index in [1.807, 2.05) is 14.0 Å². The second-order valence-electron chi connectivity index (χ2n) is 7.93. The van der Waals surface area contributed by atoms with E-state index in [9.17, 15) is 4.21 Å². The van der Waals surface area contributed by atoms with Crippen LogP contribution in [0.15, 0.2) is 4.99 Å². The van der Waals surface area contributed by atoms with Gasteiger partial charge in [0.05, 0.1) is 5.60 Å². The van der Waals surface area contributed by atoms with Crippen molar-refractivity contribution in [1.82, 2.24) is 10.6 Å². The molecule has 140 valence electrons. The molecule has 24 heavy (non-hydrogen) atoms. The molecule has 0 radical (unpaired) electrons. The Balaban J connectivity index is 1.91. The van der Waals surface area contributed by atoms with E-state index in [-0.39, 0.29) is 11.0 Å². The van der Waals surface area contributed by atoms with Gasteiger partial charge in [-0.2, -0.15) is 0 Å². The highest BCUT2D eigenvalue weighted by Gasteiger charge is 2.58. The molecule has 0 amide bonds. The van der Waals surface area contributed by atoms with E-state index in [1.54, 1.807) is 7.11 Å². The summed E-state index contributed by atoms with van der Waals surface area (Å²) < 4.78 is 17.8. The van der Waals surface area contributed by atoms with Crippen molar-refractivity contribution >= 4 is 16.8 Å². The van der Waals surface area contributed by atoms with E-state index < -0.39 is 10.8 Å². The lowest BCUT2D eigenvalue weighted by atomic mass is 9.56. The molecule has 5 unspecified atom stereocenters. The highest BCUT2D eigenvalue weighted by molar-refractivity contribution is 7.85. The highest BCUT2D eigenvalue weighted by atomic mass is 32.2. The van der Waals surface area contributed by atoms with Crippen LogP contribution in [0.2, 0.25) is 0 Å². The fraction of sp³-hybridized carbons (Fsp3) is 0.944. The normalized spacial score (nSPS) is 37.4. The van der Waals surface area contributed by atoms with Crippen LogP contribution in [0.3, 0.4) is 0 Å². The van der Waals surface area contributed by atoms with E-state index in [2.05, 4.69) is 36.4 Å². The minimum Gasteiger partial charge on any atom is -0.378 e. The molecule has 2 fully saturated rings. The lowest BCUT2D eigenvalue weighted by Crippen LogP contribution is -2.69. The van der Waals surface area contributed by atoms with Gasteiger partial charge in [0.25, 0.3) is 0 Å². The molecular formula is C18H35N3O2S. The van der Waals surface area contributed by atoms with Crippen LogP contribution in [0.1, 0.15) is 59.8 Å². The van der Waals surface area contributed by atoms with Crippen molar-refractivity contribution in [2.24, 2.45) is 10.4 Å². The number of nitrogens with one attached hydrogen (secondary N) is 2. The third kappa shape index (κ3) is 3.79. The summed E-state index contributed by atoms with van der Waals surface area (Å²) in [6.45, 7) is 8.67. The van der Waals surface area contributed by atoms with Crippen LogP contribution in [0.25, 0.3) is 0 Å². The van der Waals surface area contributed by atoms with E-state index >= 15 is 0 Å². The molecule has 0 heterocycles. The van der Waals surface area contributed by atoms with Crippen molar-refractivity contribution < 1.29 is 8.95 Å². The van der Waals surface area contributed by atoms with Crippen LogP contribution in [0, 0.1) is 5.41 Å². The molecule has 0 saturated heterocycles. The van der Waals surface area contributed by atoms with Gasteiger partial charge >= 0.3 is 0 Å². The van der Waals surface area contributed by atoms with E-state index in [0.717, 1.165) is 43.8 Å². The Labute approximate surface area is 149 Å². The third-order valence-corrected chi connectivity index (χ3v) is 8.18. The number of methoxy groups -OCH3 is 1. The number of rotatable bonds is 5. The van der Waals surface area contributed by atoms with Crippen LogP contribution in [0.5, 0.6) is 0 Å². The molecule has 0 aromatic rings. The lowest BCUT2D eigenvalue weighted by Gasteiger charge is -2.59. The smallest absolute Gasteiger partial charge is 0.191 e. The van der Waals surface area contributed by atoms with Crippen LogP contribution in [0.4, 0.5) is 0 Å². The standard InChI is InChI=1S/C18H35N3O2S/c1-7-24(22)14-10-8-9-13(11-14)20-16(19-5)21-15-12-18(4,23-6)17(15,2)3/h13-15H,7-12H2,1-6H3,(H2,19,20,21). The fourth-order valence-corrected chi connectivity index (χ4v) is 5.35. The Morgan fingerprint density at radius 3 is 2.54 bits per heavy atom. The van der Waals surface area contributed by atoms with Gasteiger partial charge in [-0.05, 0) is 32.6 Å². The summed E-state index contributed by atoms with van der Waals surface area (Å²) in [7, 11) is 2.92. The SMILES string of the molecule is CCS(=O)C1CCCC(NC(=NC)NC2CC(C)(OC)C2(C)C)C1. The average Bonchev–Trinajstić information content (AvgIpc) is 2.59. The minimum atomic E-state index is -0.693. The Morgan fingerprint density at radius 2 is 2.00 bits per heavy atom. The number of ether oxygens (including phenoxy) is 1. The van der Waals surface area contributed by atoms with Crippen LogP contribution >= 0.6 is 0 Å². The first-order valence-electron chi connectivity index (χ1n) is 9.19. The zero-order valence-corrected chi connectivity index (χ0v) is 17.0. The van der Waals surface area contributed by atoms with Gasteiger partial charge in [-0.1, -0.05) is 27.2 Å². The van der Waals surface area contributed by atoms with E-state index in [0.29, 0.717) is 17.3 Å². The first-order chi connectivity index (χ1) is 11.3. The molecule has 6 heteroatoms. The van der Waals surface area contributed by atoms with Crippen molar-refractivity contribution in [3.8, 4) is 0 Å². The summed E-state index contributed by atoms with van der Waals surface area (Å²) in [4.78, 5) is 4.41. The average molecular weight is 358 g/mol. The largest absolute Gasteiger partial charge is 0.378 e. The minimum absolute atomic E-state index is 0.0537. The maximum atomic E-state index is 12.1. The summed E-state index contributed by atoms with van der Waals surface area (Å²) in [6.07, 6.45) is 5.31. The van der Waals surface area contributed by atoms with Gasteiger partial charge in [-0.15, -0.1) is 0 Å². The summed E-state index contributed by atoms with van der Waals surface area (Å²) in [6, 6.07) is 0.709. The van der Waals surface area contributed by atoms with Gasteiger partial charge in [0.15, 0.2) is 5.96 Å². The molecule has 0 aromatic carbocycles. The Kier molecular flexibility index (Phi) is 6.35. The van der Waals surface area contributed by atoms with Crippen molar-refractivity contribution in [3.05, 3.63) is 0 Å². The molecule has 2 aliphatic carbocycles. The van der Waals surface area contributed by atoms with Crippen molar-refractivity contribution in [3.63, 3.8) is 0 Å². The molecule has 2 aliphatic rings. The first-order valence-corrected chi connectivity index (χ1v) is 10.6. The summed E-state index contributed by atoms with van der Waals surface area (Å²) >= 11 is 0. The zero-order chi connectivity index (χ0) is 18.0. The molecule has 2 rings (SSSR count). The monoisotopic (exact) mass is 357 g/mol. The van der Waals surface area contributed by atoms with Crippen molar-refractivity contribution in [2.75, 3.05) is 19.9 Å². The van der Waals surface area contributed by atoms with Crippen molar-refractivity contribution in [2.45, 2.75) is 82.7 Å². The summed E-state index contributed by atoms with van der Waals surface area (Å²) in [5, 5.41) is 7.46. The van der Waals surface area contributed by atoms with Gasteiger partial charge < -0.3 is 15.4 Å².